The van der Waals surface area contributed by atoms with Crippen LogP contribution < -0.4 is 10.6 Å². The van der Waals surface area contributed by atoms with Crippen LogP contribution >= 0.6 is 0 Å². The molecular formula is C18H23N5O2. The predicted molar refractivity (Wildman–Crippen MR) is 93.1 cm³/mol. The van der Waals surface area contributed by atoms with E-state index in [1.54, 1.807) is 0 Å². The molecule has 1 aromatic heterocycles. The number of nitrogens with one attached hydrogen (secondary N) is 2. The largest absolute Gasteiger partial charge is 0.346 e. The van der Waals surface area contributed by atoms with Crippen LogP contribution in [0.25, 0.3) is 0 Å². The number of carbonyl (C=O) groups is 2. The minimum absolute atomic E-state index is 0.0184. The summed E-state index contributed by atoms with van der Waals surface area (Å²) in [6, 6.07) is 7.91. The second-order valence-corrected chi connectivity index (χ2v) is 6.94. The van der Waals surface area contributed by atoms with Crippen molar-refractivity contribution in [3.05, 3.63) is 46.8 Å². The fourth-order valence-electron chi connectivity index (χ4n) is 3.12. The summed E-state index contributed by atoms with van der Waals surface area (Å²) in [4.78, 5) is 24.8. The fourth-order valence-corrected chi connectivity index (χ4v) is 3.12. The maximum atomic E-state index is 12.4. The van der Waals surface area contributed by atoms with Crippen molar-refractivity contribution in [1.29, 1.82) is 0 Å². The standard InChI is InChI=1S/C18H23N5O2/c1-11(2)7-14-10-23-16(18(25)20-14)15(21-22-23)17(24)19-9-13-6-4-5-12(3)8-13/h4-6,8,11,14H,7,9-10H2,1-3H3,(H,19,24)(H,20,25)/t14-/m0/s1. The average molecular weight is 341 g/mol. The molecule has 7 nitrogen and oxygen atoms in total. The first kappa shape index (κ1) is 17.1. The van der Waals surface area contributed by atoms with Crippen molar-refractivity contribution in [2.75, 3.05) is 0 Å². The van der Waals surface area contributed by atoms with Gasteiger partial charge >= 0.3 is 0 Å². The van der Waals surface area contributed by atoms with Crippen LogP contribution in [0.4, 0.5) is 0 Å². The summed E-state index contributed by atoms with van der Waals surface area (Å²) in [5, 5.41) is 13.7. The first-order valence-corrected chi connectivity index (χ1v) is 8.52. The molecule has 1 aliphatic heterocycles. The lowest BCUT2D eigenvalue weighted by molar-refractivity contribution is 0.0870. The third kappa shape index (κ3) is 3.87. The smallest absolute Gasteiger partial charge is 0.274 e. The molecule has 2 aromatic rings. The van der Waals surface area contributed by atoms with Gasteiger partial charge in [-0.15, -0.1) is 5.10 Å². The van der Waals surface area contributed by atoms with E-state index in [2.05, 4.69) is 34.8 Å². The second-order valence-electron chi connectivity index (χ2n) is 6.94. The van der Waals surface area contributed by atoms with Crippen molar-refractivity contribution in [3.8, 4) is 0 Å². The molecule has 0 saturated carbocycles. The summed E-state index contributed by atoms with van der Waals surface area (Å²) >= 11 is 0. The molecule has 0 radical (unpaired) electrons. The van der Waals surface area contributed by atoms with Crippen molar-refractivity contribution >= 4 is 11.8 Å². The van der Waals surface area contributed by atoms with Crippen LogP contribution in [-0.4, -0.2) is 32.9 Å². The number of fused-ring (bicyclic) bond motifs is 1. The Bertz CT molecular complexity index is 797. The van der Waals surface area contributed by atoms with Gasteiger partial charge in [0.05, 0.1) is 6.54 Å². The molecule has 132 valence electrons. The molecule has 7 heteroatoms. The average Bonchev–Trinajstić information content (AvgIpc) is 2.96. The van der Waals surface area contributed by atoms with Crippen LogP contribution in [0.1, 0.15) is 52.4 Å². The predicted octanol–water partition coefficient (Wildman–Crippen LogP) is 1.67. The van der Waals surface area contributed by atoms with Gasteiger partial charge in [-0.2, -0.15) is 0 Å². The van der Waals surface area contributed by atoms with Crippen molar-refractivity contribution in [2.24, 2.45) is 5.92 Å². The number of aromatic nitrogens is 3. The van der Waals surface area contributed by atoms with Crippen molar-refractivity contribution in [1.82, 2.24) is 25.6 Å². The molecule has 0 unspecified atom stereocenters. The minimum atomic E-state index is -0.389. The van der Waals surface area contributed by atoms with Crippen LogP contribution in [0.15, 0.2) is 24.3 Å². The molecule has 2 amide bonds. The monoisotopic (exact) mass is 341 g/mol. The molecule has 2 heterocycles. The molecular weight excluding hydrogens is 318 g/mol. The summed E-state index contributed by atoms with van der Waals surface area (Å²) in [6.07, 6.45) is 0.861. The first-order chi connectivity index (χ1) is 11.9. The maximum absolute atomic E-state index is 12.4. The number of nitrogens with zero attached hydrogens (tertiary/aromatic N) is 3. The molecule has 0 bridgehead atoms. The highest BCUT2D eigenvalue weighted by atomic mass is 16.2. The summed E-state index contributed by atoms with van der Waals surface area (Å²) in [5.74, 6) is -0.213. The van der Waals surface area contributed by atoms with Gasteiger partial charge in [0.1, 0.15) is 0 Å². The third-order valence-corrected chi connectivity index (χ3v) is 4.19. The molecule has 1 aromatic carbocycles. The van der Waals surface area contributed by atoms with E-state index in [1.807, 2.05) is 31.2 Å². The van der Waals surface area contributed by atoms with E-state index < -0.39 is 0 Å². The zero-order chi connectivity index (χ0) is 18.0. The second kappa shape index (κ2) is 7.04. The van der Waals surface area contributed by atoms with Crippen molar-refractivity contribution in [2.45, 2.75) is 46.3 Å². The van der Waals surface area contributed by atoms with Gasteiger partial charge in [0.25, 0.3) is 11.8 Å². The lowest BCUT2D eigenvalue weighted by atomic mass is 10.0. The third-order valence-electron chi connectivity index (χ3n) is 4.19. The number of amides is 2. The SMILES string of the molecule is Cc1cccc(CNC(=O)c2nnn3c2C(=O)N[C@@H](CC(C)C)C3)c1. The number of hydrogen-bond donors (Lipinski definition) is 2. The number of aryl methyl sites for hydroxylation is 1. The number of benzene rings is 1. The van der Waals surface area contributed by atoms with E-state index in [-0.39, 0.29) is 29.2 Å². The van der Waals surface area contributed by atoms with Crippen LogP contribution in [-0.2, 0) is 13.1 Å². The topological polar surface area (TPSA) is 88.9 Å². The summed E-state index contributed by atoms with van der Waals surface area (Å²) in [5.41, 5.74) is 2.44. The lowest BCUT2D eigenvalue weighted by Gasteiger charge is -2.25. The Kier molecular flexibility index (Phi) is 4.83. The molecule has 0 fully saturated rings. The van der Waals surface area contributed by atoms with Crippen molar-refractivity contribution < 1.29 is 9.59 Å². The Labute approximate surface area is 146 Å². The molecule has 25 heavy (non-hydrogen) atoms. The molecule has 1 aliphatic rings. The van der Waals surface area contributed by atoms with Crippen molar-refractivity contribution in [3.63, 3.8) is 0 Å². The molecule has 0 spiro atoms. The van der Waals surface area contributed by atoms with Gasteiger partial charge in [-0.05, 0) is 24.8 Å². The van der Waals surface area contributed by atoms with Gasteiger partial charge in [-0.3, -0.25) is 9.59 Å². The van der Waals surface area contributed by atoms with Gasteiger partial charge in [0.2, 0.25) is 0 Å². The Morgan fingerprint density at radius 2 is 2.24 bits per heavy atom. The first-order valence-electron chi connectivity index (χ1n) is 8.52. The lowest BCUT2D eigenvalue weighted by Crippen LogP contribution is -2.46. The zero-order valence-corrected chi connectivity index (χ0v) is 14.7. The highest BCUT2D eigenvalue weighted by Gasteiger charge is 2.32. The van der Waals surface area contributed by atoms with E-state index in [4.69, 9.17) is 0 Å². The highest BCUT2D eigenvalue weighted by molar-refractivity contribution is 6.05. The van der Waals surface area contributed by atoms with Crippen LogP contribution in [0, 0.1) is 12.8 Å². The van der Waals surface area contributed by atoms with E-state index in [0.29, 0.717) is 19.0 Å². The number of hydrogen-bond acceptors (Lipinski definition) is 4. The molecule has 0 aliphatic carbocycles. The summed E-state index contributed by atoms with van der Waals surface area (Å²) < 4.78 is 1.54. The van der Waals surface area contributed by atoms with Gasteiger partial charge in [0.15, 0.2) is 11.4 Å². The summed E-state index contributed by atoms with van der Waals surface area (Å²) in [6.45, 7) is 7.13. The normalized spacial score (nSPS) is 16.5. The molecule has 3 rings (SSSR count). The van der Waals surface area contributed by atoms with Crippen LogP contribution in [0.2, 0.25) is 0 Å². The van der Waals surface area contributed by atoms with E-state index >= 15 is 0 Å². The summed E-state index contributed by atoms with van der Waals surface area (Å²) in [7, 11) is 0. The van der Waals surface area contributed by atoms with E-state index in [1.165, 1.54) is 4.68 Å². The zero-order valence-electron chi connectivity index (χ0n) is 14.7. The Balaban J connectivity index is 1.71. The molecule has 0 saturated heterocycles. The molecule has 2 N–H and O–H groups in total. The van der Waals surface area contributed by atoms with Crippen LogP contribution in [0.3, 0.4) is 0 Å². The van der Waals surface area contributed by atoms with E-state index in [0.717, 1.165) is 17.5 Å². The van der Waals surface area contributed by atoms with Gasteiger partial charge in [-0.25, -0.2) is 4.68 Å². The van der Waals surface area contributed by atoms with Gasteiger partial charge in [0, 0.05) is 12.6 Å². The Morgan fingerprint density at radius 3 is 2.96 bits per heavy atom. The van der Waals surface area contributed by atoms with E-state index in [9.17, 15) is 9.59 Å². The molecule has 1 atom stereocenters. The van der Waals surface area contributed by atoms with Gasteiger partial charge in [-0.1, -0.05) is 48.9 Å². The van der Waals surface area contributed by atoms with Gasteiger partial charge < -0.3 is 10.6 Å². The number of rotatable bonds is 5. The van der Waals surface area contributed by atoms with Crippen LogP contribution in [0.5, 0.6) is 0 Å². The Morgan fingerprint density at radius 1 is 1.44 bits per heavy atom. The minimum Gasteiger partial charge on any atom is -0.346 e. The maximum Gasteiger partial charge on any atom is 0.274 e. The number of carbonyl (C=O) groups excluding carboxylic acids is 2. The Hall–Kier alpha value is -2.70. The fraction of sp³-hybridized carbons (Fsp3) is 0.444. The quantitative estimate of drug-likeness (QED) is 0.866. The highest BCUT2D eigenvalue weighted by Crippen LogP contribution is 2.16.